The zero-order valence-corrected chi connectivity index (χ0v) is 15.3. The fourth-order valence-electron chi connectivity index (χ4n) is 2.78. The Morgan fingerprint density at radius 1 is 1.28 bits per heavy atom. The summed E-state index contributed by atoms with van der Waals surface area (Å²) in [4.78, 5) is 26.0. The largest absolute Gasteiger partial charge is 0.452 e. The zero-order valence-electron chi connectivity index (χ0n) is 14.5. The number of carbonyl (C=O) groups excluding carboxylic acids is 2. The van der Waals surface area contributed by atoms with Crippen molar-refractivity contribution in [3.05, 3.63) is 29.8 Å². The summed E-state index contributed by atoms with van der Waals surface area (Å²) in [6.07, 6.45) is 0.423. The van der Waals surface area contributed by atoms with E-state index in [1.165, 1.54) is 17.0 Å². The van der Waals surface area contributed by atoms with Crippen molar-refractivity contribution < 1.29 is 22.7 Å². The number of hydrogen-bond acceptors (Lipinski definition) is 6. The molecule has 8 heteroatoms. The summed E-state index contributed by atoms with van der Waals surface area (Å²) in [5.74, 6) is -0.751. The molecule has 0 radical (unpaired) electrons. The number of nitrogens with zero attached hydrogens (tertiary/aromatic N) is 1. The molecule has 1 aliphatic rings. The molecule has 1 aromatic carbocycles. The number of esters is 1. The highest BCUT2D eigenvalue weighted by atomic mass is 32.2. The minimum atomic E-state index is -3.10. The fraction of sp³-hybridized carbons (Fsp3) is 0.529. The van der Waals surface area contributed by atoms with Crippen molar-refractivity contribution in [2.24, 2.45) is 5.92 Å². The van der Waals surface area contributed by atoms with Crippen LogP contribution in [0.2, 0.25) is 0 Å². The van der Waals surface area contributed by atoms with Gasteiger partial charge in [0, 0.05) is 18.3 Å². The van der Waals surface area contributed by atoms with Crippen molar-refractivity contribution in [2.45, 2.75) is 26.3 Å². The Balaban J connectivity index is 1.99. The maximum atomic E-state index is 12.5. The Kier molecular flexibility index (Phi) is 6.05. The second kappa shape index (κ2) is 7.86. The molecule has 0 spiro atoms. The van der Waals surface area contributed by atoms with Crippen LogP contribution >= 0.6 is 0 Å². The van der Waals surface area contributed by atoms with E-state index in [9.17, 15) is 18.0 Å². The highest BCUT2D eigenvalue weighted by Crippen LogP contribution is 2.19. The summed E-state index contributed by atoms with van der Waals surface area (Å²) >= 11 is 0. The Hall–Kier alpha value is -2.09. The van der Waals surface area contributed by atoms with Gasteiger partial charge in [-0.25, -0.2) is 13.2 Å². The Morgan fingerprint density at radius 2 is 1.92 bits per heavy atom. The summed E-state index contributed by atoms with van der Waals surface area (Å²) in [6.45, 7) is 3.92. The van der Waals surface area contributed by atoms with Gasteiger partial charge in [0.15, 0.2) is 16.4 Å². The summed E-state index contributed by atoms with van der Waals surface area (Å²) in [6, 6.07) is 5.85. The van der Waals surface area contributed by atoms with Gasteiger partial charge in [0.1, 0.15) is 0 Å². The molecule has 1 atom stereocenters. The number of rotatable bonds is 6. The molecule has 25 heavy (non-hydrogen) atoms. The fourth-order valence-corrected chi connectivity index (χ4v) is 4.51. The van der Waals surface area contributed by atoms with Crippen LogP contribution in [0.1, 0.15) is 30.6 Å². The number of sulfone groups is 1. The van der Waals surface area contributed by atoms with Crippen LogP contribution in [0.15, 0.2) is 24.3 Å². The van der Waals surface area contributed by atoms with Crippen molar-refractivity contribution >= 4 is 27.4 Å². The van der Waals surface area contributed by atoms with Crippen molar-refractivity contribution in [3.63, 3.8) is 0 Å². The molecule has 2 rings (SSSR count). The zero-order chi connectivity index (χ0) is 18.6. The number of amides is 1. The highest BCUT2D eigenvalue weighted by Gasteiger charge is 2.35. The van der Waals surface area contributed by atoms with Crippen molar-refractivity contribution in [3.8, 4) is 0 Å². The second-order valence-electron chi connectivity index (χ2n) is 6.69. The minimum Gasteiger partial charge on any atom is -0.452 e. The van der Waals surface area contributed by atoms with Gasteiger partial charge in [0.2, 0.25) is 0 Å². The molecule has 1 aromatic rings. The van der Waals surface area contributed by atoms with E-state index in [0.29, 0.717) is 24.2 Å². The SMILES string of the molecule is CC(C)CN(C(=O)COC(=O)c1ccc(N)cc1)[C@@H]1CCS(=O)(=O)C1. The molecular weight excluding hydrogens is 344 g/mol. The topological polar surface area (TPSA) is 107 Å². The molecule has 1 fully saturated rings. The van der Waals surface area contributed by atoms with Crippen molar-refractivity contribution in [1.29, 1.82) is 0 Å². The molecule has 1 saturated heterocycles. The van der Waals surface area contributed by atoms with E-state index in [0.717, 1.165) is 0 Å². The number of anilines is 1. The van der Waals surface area contributed by atoms with Crippen molar-refractivity contribution in [2.75, 3.05) is 30.4 Å². The number of ether oxygens (including phenoxy) is 1. The number of benzene rings is 1. The van der Waals surface area contributed by atoms with Crippen LogP contribution in [0.3, 0.4) is 0 Å². The van der Waals surface area contributed by atoms with Gasteiger partial charge in [0.05, 0.1) is 17.1 Å². The van der Waals surface area contributed by atoms with Crippen LogP contribution in [0.25, 0.3) is 0 Å². The van der Waals surface area contributed by atoms with Gasteiger partial charge >= 0.3 is 5.97 Å². The summed E-state index contributed by atoms with van der Waals surface area (Å²) in [7, 11) is -3.10. The Bertz CT molecular complexity index is 728. The molecule has 1 heterocycles. The van der Waals surface area contributed by atoms with E-state index in [4.69, 9.17) is 10.5 Å². The third-order valence-corrected chi connectivity index (χ3v) is 5.75. The lowest BCUT2D eigenvalue weighted by Crippen LogP contribution is -2.45. The van der Waals surface area contributed by atoms with E-state index in [1.54, 1.807) is 12.1 Å². The third-order valence-electron chi connectivity index (χ3n) is 4.00. The Labute approximate surface area is 148 Å². The maximum absolute atomic E-state index is 12.5. The predicted octanol–water partition coefficient (Wildman–Crippen LogP) is 1.10. The van der Waals surface area contributed by atoms with Crippen LogP contribution in [-0.4, -0.2) is 55.9 Å². The van der Waals surface area contributed by atoms with Crippen LogP contribution in [0.5, 0.6) is 0 Å². The van der Waals surface area contributed by atoms with Gasteiger partial charge in [-0.2, -0.15) is 0 Å². The smallest absolute Gasteiger partial charge is 0.338 e. The first kappa shape index (κ1) is 19.2. The van der Waals surface area contributed by atoms with Crippen LogP contribution in [0.4, 0.5) is 5.69 Å². The van der Waals surface area contributed by atoms with Crippen molar-refractivity contribution in [1.82, 2.24) is 4.90 Å². The lowest BCUT2D eigenvalue weighted by molar-refractivity contribution is -0.137. The molecule has 1 aliphatic heterocycles. The first-order valence-corrected chi connectivity index (χ1v) is 10.0. The van der Waals surface area contributed by atoms with Crippen LogP contribution in [0, 0.1) is 5.92 Å². The molecule has 2 N–H and O–H groups in total. The van der Waals surface area contributed by atoms with Gasteiger partial charge in [-0.05, 0) is 36.6 Å². The minimum absolute atomic E-state index is 0.0304. The van der Waals surface area contributed by atoms with E-state index in [2.05, 4.69) is 0 Å². The number of hydrogen-bond donors (Lipinski definition) is 1. The van der Waals surface area contributed by atoms with Gasteiger partial charge in [-0.1, -0.05) is 13.8 Å². The molecule has 1 amide bonds. The quantitative estimate of drug-likeness (QED) is 0.595. The molecule has 0 aromatic heterocycles. The van der Waals surface area contributed by atoms with Gasteiger partial charge < -0.3 is 15.4 Å². The van der Waals surface area contributed by atoms with Gasteiger partial charge in [0.25, 0.3) is 5.91 Å². The predicted molar refractivity (Wildman–Crippen MR) is 94.7 cm³/mol. The van der Waals surface area contributed by atoms with E-state index < -0.39 is 22.4 Å². The van der Waals surface area contributed by atoms with Crippen LogP contribution < -0.4 is 5.73 Å². The molecule has 0 aliphatic carbocycles. The van der Waals surface area contributed by atoms with Gasteiger partial charge in [-0.15, -0.1) is 0 Å². The molecule has 0 bridgehead atoms. The van der Waals surface area contributed by atoms with E-state index in [1.807, 2.05) is 13.8 Å². The summed E-state index contributed by atoms with van der Waals surface area (Å²) in [5.41, 5.74) is 6.40. The van der Waals surface area contributed by atoms with Gasteiger partial charge in [-0.3, -0.25) is 4.79 Å². The average Bonchev–Trinajstić information content (AvgIpc) is 2.90. The van der Waals surface area contributed by atoms with Crippen LogP contribution in [-0.2, 0) is 19.4 Å². The third kappa shape index (κ3) is 5.45. The molecule has 0 unspecified atom stereocenters. The standard InChI is InChI=1S/C17H24N2O5S/c1-12(2)9-19(15-7-8-25(22,23)11-15)16(20)10-24-17(21)13-3-5-14(18)6-4-13/h3-6,12,15H,7-11,18H2,1-2H3/t15-/m1/s1. The Morgan fingerprint density at radius 3 is 2.44 bits per heavy atom. The summed E-state index contributed by atoms with van der Waals surface area (Å²) < 4.78 is 28.5. The molecule has 138 valence electrons. The lowest BCUT2D eigenvalue weighted by Gasteiger charge is -2.29. The average molecular weight is 368 g/mol. The first-order chi connectivity index (χ1) is 11.7. The number of nitrogens with two attached hydrogens (primary N) is 1. The monoisotopic (exact) mass is 368 g/mol. The molecule has 7 nitrogen and oxygen atoms in total. The van der Waals surface area contributed by atoms with E-state index >= 15 is 0 Å². The molecule has 0 saturated carbocycles. The second-order valence-corrected chi connectivity index (χ2v) is 8.92. The normalized spacial score (nSPS) is 18.9. The first-order valence-electron chi connectivity index (χ1n) is 8.20. The summed E-state index contributed by atoms with van der Waals surface area (Å²) in [5, 5.41) is 0. The van der Waals surface area contributed by atoms with E-state index in [-0.39, 0.29) is 29.4 Å². The number of carbonyl (C=O) groups is 2. The highest BCUT2D eigenvalue weighted by molar-refractivity contribution is 7.91. The molecular formula is C17H24N2O5S. The lowest BCUT2D eigenvalue weighted by atomic mass is 10.1. The maximum Gasteiger partial charge on any atom is 0.338 e. The number of nitrogen functional groups attached to an aromatic ring is 1.